The normalized spacial score (nSPS) is 16.4. The maximum atomic E-state index is 12.5. The Kier molecular flexibility index (Phi) is 6.94. The van der Waals surface area contributed by atoms with Gasteiger partial charge in [-0.05, 0) is 26.7 Å². The highest BCUT2D eigenvalue weighted by Crippen LogP contribution is 2.21. The molecule has 0 atom stereocenters. The highest BCUT2D eigenvalue weighted by Gasteiger charge is 2.30. The van der Waals surface area contributed by atoms with Crippen molar-refractivity contribution in [3.63, 3.8) is 0 Å². The molecular formula is C15H25N3O6S. The van der Waals surface area contributed by atoms with E-state index in [9.17, 15) is 13.2 Å². The van der Waals surface area contributed by atoms with Gasteiger partial charge in [0.25, 0.3) is 0 Å². The van der Waals surface area contributed by atoms with Crippen LogP contribution in [-0.4, -0.2) is 70.4 Å². The van der Waals surface area contributed by atoms with Crippen molar-refractivity contribution in [2.75, 3.05) is 40.0 Å². The first kappa shape index (κ1) is 19.8. The van der Waals surface area contributed by atoms with E-state index in [4.69, 9.17) is 14.0 Å². The molecular weight excluding hydrogens is 350 g/mol. The molecule has 0 unspecified atom stereocenters. The molecule has 1 aromatic rings. The van der Waals surface area contributed by atoms with Crippen molar-refractivity contribution in [3.05, 3.63) is 11.5 Å². The first-order valence-electron chi connectivity index (χ1n) is 8.15. The number of methoxy groups -OCH3 is 1. The smallest absolute Gasteiger partial charge is 0.248 e. The Balaban J connectivity index is 1.83. The van der Waals surface area contributed by atoms with Crippen molar-refractivity contribution >= 4 is 15.9 Å². The van der Waals surface area contributed by atoms with Gasteiger partial charge in [0, 0.05) is 26.2 Å². The van der Waals surface area contributed by atoms with E-state index in [1.807, 2.05) is 0 Å². The minimum atomic E-state index is -3.68. The molecule has 0 saturated carbocycles. The fraction of sp³-hybridized carbons (Fsp3) is 0.733. The summed E-state index contributed by atoms with van der Waals surface area (Å²) in [6.07, 6.45) is 1.10. The molecule has 0 aliphatic carbocycles. The number of nitrogens with zero attached hydrogens (tertiary/aromatic N) is 2. The van der Waals surface area contributed by atoms with E-state index in [1.165, 1.54) is 0 Å². The third kappa shape index (κ3) is 5.24. The van der Waals surface area contributed by atoms with E-state index in [1.54, 1.807) is 25.9 Å². The zero-order chi connectivity index (χ0) is 18.4. The minimum absolute atomic E-state index is 0.0127. The van der Waals surface area contributed by atoms with Gasteiger partial charge in [0.15, 0.2) is 5.76 Å². The van der Waals surface area contributed by atoms with Gasteiger partial charge in [-0.15, -0.1) is 0 Å². The Labute approximate surface area is 147 Å². The van der Waals surface area contributed by atoms with E-state index in [0.717, 1.165) is 0 Å². The highest BCUT2D eigenvalue weighted by molar-refractivity contribution is 7.89. The zero-order valence-corrected chi connectivity index (χ0v) is 15.6. The first-order chi connectivity index (χ1) is 11.8. The lowest BCUT2D eigenvalue weighted by molar-refractivity contribution is -0.137. The highest BCUT2D eigenvalue weighted by atomic mass is 32.2. The maximum absolute atomic E-state index is 12.5. The summed E-state index contributed by atoms with van der Waals surface area (Å²) in [4.78, 5) is 13.8. The number of aromatic nitrogens is 1. The topological polar surface area (TPSA) is 111 Å². The Morgan fingerprint density at radius 1 is 1.32 bits per heavy atom. The number of aryl methyl sites for hydroxylation is 2. The minimum Gasteiger partial charge on any atom is -0.382 e. The van der Waals surface area contributed by atoms with Crippen LogP contribution in [0, 0.1) is 13.8 Å². The Bertz CT molecular complexity index is 660. The van der Waals surface area contributed by atoms with Crippen LogP contribution in [0.5, 0.6) is 0 Å². The molecule has 0 radical (unpaired) electrons. The van der Waals surface area contributed by atoms with Gasteiger partial charge >= 0.3 is 0 Å². The summed E-state index contributed by atoms with van der Waals surface area (Å²) in [7, 11) is -2.12. The lowest BCUT2D eigenvalue weighted by Gasteiger charge is -2.32. The number of amides is 1. The molecule has 1 saturated heterocycles. The summed E-state index contributed by atoms with van der Waals surface area (Å²) in [5.41, 5.74) is 0.339. The standard InChI is InChI=1S/C15H25N3O6S/c1-11-15(12(2)24-16-11)25(20,21)17-13-4-6-18(7-5-13)14(19)10-23-9-8-22-3/h13,17H,4-10H2,1-3H3. The van der Waals surface area contributed by atoms with Crippen LogP contribution in [0.25, 0.3) is 0 Å². The number of carbonyl (C=O) groups is 1. The fourth-order valence-corrected chi connectivity index (χ4v) is 4.41. The van der Waals surface area contributed by atoms with Crippen molar-refractivity contribution < 1.29 is 27.2 Å². The second-order valence-corrected chi connectivity index (χ2v) is 7.63. The van der Waals surface area contributed by atoms with Crippen LogP contribution in [0.15, 0.2) is 9.42 Å². The molecule has 1 aliphatic rings. The number of nitrogens with one attached hydrogen (secondary N) is 1. The van der Waals surface area contributed by atoms with Crippen LogP contribution in [0.4, 0.5) is 0 Å². The number of likely N-dealkylation sites (tertiary alicyclic amines) is 1. The average molecular weight is 375 g/mol. The third-order valence-electron chi connectivity index (χ3n) is 4.06. The van der Waals surface area contributed by atoms with Gasteiger partial charge in [-0.3, -0.25) is 4.79 Å². The van der Waals surface area contributed by atoms with Gasteiger partial charge < -0.3 is 18.9 Å². The predicted octanol–water partition coefficient (Wildman–Crippen LogP) is 0.224. The van der Waals surface area contributed by atoms with Crippen molar-refractivity contribution in [2.45, 2.75) is 37.6 Å². The number of sulfonamides is 1. The van der Waals surface area contributed by atoms with Crippen LogP contribution in [0.3, 0.4) is 0 Å². The summed E-state index contributed by atoms with van der Waals surface area (Å²) in [5, 5.41) is 3.68. The first-order valence-corrected chi connectivity index (χ1v) is 9.63. The number of carbonyl (C=O) groups excluding carboxylic acids is 1. The zero-order valence-electron chi connectivity index (χ0n) is 14.8. The summed E-state index contributed by atoms with van der Waals surface area (Å²) in [6.45, 7) is 4.96. The van der Waals surface area contributed by atoms with Gasteiger partial charge in [0.2, 0.25) is 15.9 Å². The molecule has 25 heavy (non-hydrogen) atoms. The van der Waals surface area contributed by atoms with Crippen molar-refractivity contribution in [1.82, 2.24) is 14.8 Å². The Morgan fingerprint density at radius 2 is 2.00 bits per heavy atom. The van der Waals surface area contributed by atoms with E-state index in [0.29, 0.717) is 44.8 Å². The fourth-order valence-electron chi connectivity index (χ4n) is 2.78. The second-order valence-electron chi connectivity index (χ2n) is 5.98. The monoisotopic (exact) mass is 375 g/mol. The van der Waals surface area contributed by atoms with Crippen molar-refractivity contribution in [1.29, 1.82) is 0 Å². The van der Waals surface area contributed by atoms with Gasteiger partial charge in [-0.2, -0.15) is 0 Å². The van der Waals surface area contributed by atoms with Crippen LogP contribution in [0.1, 0.15) is 24.3 Å². The Hall–Kier alpha value is -1.49. The number of hydrogen-bond acceptors (Lipinski definition) is 7. The van der Waals surface area contributed by atoms with Crippen molar-refractivity contribution in [3.8, 4) is 0 Å². The molecule has 142 valence electrons. The molecule has 0 aromatic carbocycles. The molecule has 10 heteroatoms. The molecule has 1 aliphatic heterocycles. The van der Waals surface area contributed by atoms with E-state index in [2.05, 4.69) is 9.88 Å². The quantitative estimate of drug-likeness (QED) is 0.647. The molecule has 2 rings (SSSR count). The molecule has 1 amide bonds. The molecule has 0 bridgehead atoms. The number of ether oxygens (including phenoxy) is 2. The van der Waals surface area contributed by atoms with Gasteiger partial charge in [-0.25, -0.2) is 13.1 Å². The lowest BCUT2D eigenvalue weighted by atomic mass is 10.1. The van der Waals surface area contributed by atoms with Crippen LogP contribution >= 0.6 is 0 Å². The summed E-state index contributed by atoms with van der Waals surface area (Å²) in [5.74, 6) is 0.175. The largest absolute Gasteiger partial charge is 0.382 e. The molecule has 1 fully saturated rings. The predicted molar refractivity (Wildman–Crippen MR) is 88.6 cm³/mol. The van der Waals surface area contributed by atoms with E-state index < -0.39 is 10.0 Å². The summed E-state index contributed by atoms with van der Waals surface area (Å²) in [6, 6.07) is -0.225. The molecule has 0 spiro atoms. The molecule has 9 nitrogen and oxygen atoms in total. The van der Waals surface area contributed by atoms with Gasteiger partial charge in [-0.1, -0.05) is 5.16 Å². The second kappa shape index (κ2) is 8.75. The van der Waals surface area contributed by atoms with Gasteiger partial charge in [0.05, 0.1) is 13.2 Å². The van der Waals surface area contributed by atoms with Crippen LogP contribution in [0.2, 0.25) is 0 Å². The van der Waals surface area contributed by atoms with Crippen LogP contribution in [-0.2, 0) is 24.3 Å². The molecule has 1 N–H and O–H groups in total. The third-order valence-corrected chi connectivity index (χ3v) is 5.83. The Morgan fingerprint density at radius 3 is 2.56 bits per heavy atom. The maximum Gasteiger partial charge on any atom is 0.248 e. The SMILES string of the molecule is COCCOCC(=O)N1CCC(NS(=O)(=O)c2c(C)noc2C)CC1. The lowest BCUT2D eigenvalue weighted by Crippen LogP contribution is -2.47. The van der Waals surface area contributed by atoms with E-state index >= 15 is 0 Å². The van der Waals surface area contributed by atoms with Gasteiger partial charge in [0.1, 0.15) is 17.2 Å². The molecule has 1 aromatic heterocycles. The number of rotatable bonds is 8. The summed E-state index contributed by atoms with van der Waals surface area (Å²) >= 11 is 0. The number of piperidine rings is 1. The number of hydrogen-bond donors (Lipinski definition) is 1. The van der Waals surface area contributed by atoms with Crippen molar-refractivity contribution in [2.24, 2.45) is 0 Å². The van der Waals surface area contributed by atoms with Crippen LogP contribution < -0.4 is 4.72 Å². The average Bonchev–Trinajstić information content (AvgIpc) is 2.91. The van der Waals surface area contributed by atoms with E-state index in [-0.39, 0.29) is 29.2 Å². The molecule has 2 heterocycles. The summed E-state index contributed by atoms with van der Waals surface area (Å²) < 4.78 is 42.7.